The van der Waals surface area contributed by atoms with Crippen molar-refractivity contribution in [1.82, 2.24) is 0 Å². The molecule has 1 heterocycles. The average Bonchev–Trinajstić information content (AvgIpc) is 2.17. The van der Waals surface area contributed by atoms with Crippen molar-refractivity contribution in [2.24, 2.45) is 0 Å². The van der Waals surface area contributed by atoms with Gasteiger partial charge in [0.25, 0.3) is 0 Å². The lowest BCUT2D eigenvalue weighted by Crippen LogP contribution is -2.12. The number of hydrogen-bond donors (Lipinski definition) is 2. The fourth-order valence-corrected chi connectivity index (χ4v) is 1.62. The van der Waals surface area contributed by atoms with Gasteiger partial charge in [0.05, 0.1) is 6.61 Å². The molecule has 1 aromatic carbocycles. The number of fused-ring (bicyclic) bond motifs is 1. The van der Waals surface area contributed by atoms with Gasteiger partial charge in [-0.05, 0) is 24.5 Å². The van der Waals surface area contributed by atoms with Crippen molar-refractivity contribution in [3.8, 4) is 11.5 Å². The van der Waals surface area contributed by atoms with Crippen LogP contribution in [0, 0.1) is 0 Å². The molecule has 0 amide bonds. The van der Waals surface area contributed by atoms with E-state index in [-0.39, 0.29) is 11.3 Å². The molecular formula is C10H10O4. The highest BCUT2D eigenvalue weighted by Gasteiger charge is 2.22. The van der Waals surface area contributed by atoms with Crippen molar-refractivity contribution in [1.29, 1.82) is 0 Å². The summed E-state index contributed by atoms with van der Waals surface area (Å²) in [5, 5.41) is 18.3. The molecule has 0 atom stereocenters. The molecular weight excluding hydrogens is 184 g/mol. The van der Waals surface area contributed by atoms with E-state index in [0.29, 0.717) is 12.4 Å². The van der Waals surface area contributed by atoms with Crippen LogP contribution in [0.4, 0.5) is 0 Å². The van der Waals surface area contributed by atoms with Crippen LogP contribution in [0.2, 0.25) is 0 Å². The number of carboxylic acid groups (broad SMARTS) is 1. The highest BCUT2D eigenvalue weighted by atomic mass is 16.5. The standard InChI is InChI=1S/C10H10O4/c11-7-4-3-6-2-1-5-14-9(6)8(7)10(12)13/h3-4,11H,1-2,5H2,(H,12,13). The summed E-state index contributed by atoms with van der Waals surface area (Å²) in [4.78, 5) is 10.9. The van der Waals surface area contributed by atoms with Crippen LogP contribution in [0.15, 0.2) is 12.1 Å². The Bertz CT molecular complexity index is 384. The molecule has 0 unspecified atom stereocenters. The summed E-state index contributed by atoms with van der Waals surface area (Å²) in [6.45, 7) is 0.511. The van der Waals surface area contributed by atoms with E-state index < -0.39 is 5.97 Å². The van der Waals surface area contributed by atoms with Gasteiger partial charge in [-0.15, -0.1) is 0 Å². The second-order valence-corrected chi connectivity index (χ2v) is 3.21. The van der Waals surface area contributed by atoms with Gasteiger partial charge in [0, 0.05) is 0 Å². The molecule has 1 aromatic rings. The Balaban J connectivity index is 2.60. The Kier molecular flexibility index (Phi) is 2.04. The van der Waals surface area contributed by atoms with Gasteiger partial charge in [-0.2, -0.15) is 0 Å². The maximum absolute atomic E-state index is 10.9. The van der Waals surface area contributed by atoms with E-state index in [2.05, 4.69) is 0 Å². The second-order valence-electron chi connectivity index (χ2n) is 3.21. The van der Waals surface area contributed by atoms with Crippen molar-refractivity contribution in [2.45, 2.75) is 12.8 Å². The topological polar surface area (TPSA) is 66.8 Å². The van der Waals surface area contributed by atoms with Crippen LogP contribution in [0.25, 0.3) is 0 Å². The van der Waals surface area contributed by atoms with Gasteiger partial charge in [-0.3, -0.25) is 0 Å². The van der Waals surface area contributed by atoms with Gasteiger partial charge in [0.15, 0.2) is 0 Å². The minimum atomic E-state index is -1.15. The van der Waals surface area contributed by atoms with Gasteiger partial charge in [-0.25, -0.2) is 4.79 Å². The number of rotatable bonds is 1. The Morgan fingerprint density at radius 2 is 2.21 bits per heavy atom. The average molecular weight is 194 g/mol. The van der Waals surface area contributed by atoms with Gasteiger partial charge >= 0.3 is 5.97 Å². The van der Waals surface area contributed by atoms with E-state index in [1.807, 2.05) is 0 Å². The van der Waals surface area contributed by atoms with E-state index in [9.17, 15) is 9.90 Å². The fourth-order valence-electron chi connectivity index (χ4n) is 1.62. The Morgan fingerprint density at radius 1 is 1.43 bits per heavy atom. The first kappa shape index (κ1) is 8.87. The molecule has 1 aliphatic heterocycles. The number of ether oxygens (including phenoxy) is 1. The number of hydrogen-bond acceptors (Lipinski definition) is 3. The number of aromatic carboxylic acids is 1. The summed E-state index contributed by atoms with van der Waals surface area (Å²) in [6.07, 6.45) is 1.69. The Hall–Kier alpha value is -1.71. The first-order valence-electron chi connectivity index (χ1n) is 4.41. The van der Waals surface area contributed by atoms with Crippen molar-refractivity contribution in [3.05, 3.63) is 23.3 Å². The SMILES string of the molecule is O=C(O)c1c(O)ccc2c1OCCC2. The zero-order valence-electron chi connectivity index (χ0n) is 7.49. The molecule has 4 heteroatoms. The molecule has 0 aliphatic carbocycles. The minimum Gasteiger partial charge on any atom is -0.507 e. The van der Waals surface area contributed by atoms with Gasteiger partial charge in [0.2, 0.25) is 0 Å². The summed E-state index contributed by atoms with van der Waals surface area (Å²) in [7, 11) is 0. The van der Waals surface area contributed by atoms with Crippen LogP contribution in [0.3, 0.4) is 0 Å². The molecule has 74 valence electrons. The highest BCUT2D eigenvalue weighted by Crippen LogP contribution is 2.34. The third-order valence-electron chi connectivity index (χ3n) is 2.27. The molecule has 0 radical (unpaired) electrons. The fraction of sp³-hybridized carbons (Fsp3) is 0.300. The predicted octanol–water partition coefficient (Wildman–Crippen LogP) is 1.42. The van der Waals surface area contributed by atoms with E-state index in [1.165, 1.54) is 6.07 Å². The summed E-state index contributed by atoms with van der Waals surface area (Å²) < 4.78 is 5.26. The molecule has 2 rings (SSSR count). The second kappa shape index (κ2) is 3.21. The molecule has 0 fully saturated rings. The third kappa shape index (κ3) is 1.28. The normalized spacial score (nSPS) is 14.3. The van der Waals surface area contributed by atoms with Crippen LogP contribution in [-0.2, 0) is 6.42 Å². The van der Waals surface area contributed by atoms with Crippen molar-refractivity contribution < 1.29 is 19.7 Å². The van der Waals surface area contributed by atoms with E-state index in [4.69, 9.17) is 9.84 Å². The minimum absolute atomic E-state index is 0.123. The summed E-state index contributed by atoms with van der Waals surface area (Å²) in [6, 6.07) is 3.10. The van der Waals surface area contributed by atoms with Crippen LogP contribution in [-0.4, -0.2) is 22.8 Å². The number of benzene rings is 1. The molecule has 0 bridgehead atoms. The largest absolute Gasteiger partial charge is 0.507 e. The van der Waals surface area contributed by atoms with E-state index in [0.717, 1.165) is 18.4 Å². The maximum atomic E-state index is 10.9. The number of aromatic hydroxyl groups is 1. The molecule has 0 spiro atoms. The van der Waals surface area contributed by atoms with Crippen LogP contribution >= 0.6 is 0 Å². The highest BCUT2D eigenvalue weighted by molar-refractivity contribution is 5.94. The third-order valence-corrected chi connectivity index (χ3v) is 2.27. The number of aryl methyl sites for hydroxylation is 1. The molecule has 0 saturated carbocycles. The maximum Gasteiger partial charge on any atom is 0.343 e. The van der Waals surface area contributed by atoms with Gasteiger partial charge in [0.1, 0.15) is 17.1 Å². The van der Waals surface area contributed by atoms with Crippen molar-refractivity contribution >= 4 is 5.97 Å². The smallest absolute Gasteiger partial charge is 0.343 e. The molecule has 0 saturated heterocycles. The monoisotopic (exact) mass is 194 g/mol. The summed E-state index contributed by atoms with van der Waals surface area (Å²) in [5.41, 5.74) is 0.730. The molecule has 0 aromatic heterocycles. The zero-order chi connectivity index (χ0) is 10.1. The lowest BCUT2D eigenvalue weighted by molar-refractivity contribution is 0.0687. The summed E-state index contributed by atoms with van der Waals surface area (Å²) in [5.74, 6) is -1.07. The van der Waals surface area contributed by atoms with Crippen LogP contribution in [0.5, 0.6) is 11.5 Å². The van der Waals surface area contributed by atoms with E-state index >= 15 is 0 Å². The first-order chi connectivity index (χ1) is 6.70. The lowest BCUT2D eigenvalue weighted by atomic mass is 10.0. The number of phenols is 1. The Labute approximate surface area is 80.7 Å². The predicted molar refractivity (Wildman–Crippen MR) is 48.9 cm³/mol. The van der Waals surface area contributed by atoms with E-state index in [1.54, 1.807) is 6.07 Å². The molecule has 1 aliphatic rings. The van der Waals surface area contributed by atoms with Crippen molar-refractivity contribution in [2.75, 3.05) is 6.61 Å². The zero-order valence-corrected chi connectivity index (χ0v) is 7.49. The molecule has 14 heavy (non-hydrogen) atoms. The van der Waals surface area contributed by atoms with Gasteiger partial charge in [-0.1, -0.05) is 6.07 Å². The molecule has 4 nitrogen and oxygen atoms in total. The Morgan fingerprint density at radius 3 is 2.93 bits per heavy atom. The lowest BCUT2D eigenvalue weighted by Gasteiger charge is -2.19. The quantitative estimate of drug-likeness (QED) is 0.709. The molecule has 2 N–H and O–H groups in total. The number of carboxylic acids is 1. The van der Waals surface area contributed by atoms with Crippen LogP contribution < -0.4 is 4.74 Å². The first-order valence-corrected chi connectivity index (χ1v) is 4.41. The van der Waals surface area contributed by atoms with Gasteiger partial charge < -0.3 is 14.9 Å². The van der Waals surface area contributed by atoms with Crippen LogP contribution in [0.1, 0.15) is 22.3 Å². The summed E-state index contributed by atoms with van der Waals surface area (Å²) >= 11 is 0. The number of carbonyl (C=O) groups is 1. The van der Waals surface area contributed by atoms with Crippen molar-refractivity contribution in [3.63, 3.8) is 0 Å².